The quantitative estimate of drug-likeness (QED) is 0.475. The van der Waals surface area contributed by atoms with Crippen molar-refractivity contribution < 1.29 is 5.11 Å². The molecule has 1 aromatic rings. The molecule has 1 heterocycles. The lowest BCUT2D eigenvalue weighted by atomic mass is 10.2. The van der Waals surface area contributed by atoms with Gasteiger partial charge in [-0.3, -0.25) is 4.90 Å². The normalized spacial score (nSPS) is 25.3. The molecule has 2 rings (SSSR count). The van der Waals surface area contributed by atoms with Gasteiger partial charge < -0.3 is 5.11 Å². The third-order valence-corrected chi connectivity index (χ3v) is 2.78. The Bertz CT molecular complexity index is 388. The van der Waals surface area contributed by atoms with Crippen molar-refractivity contribution in [1.82, 2.24) is 4.90 Å². The van der Waals surface area contributed by atoms with Gasteiger partial charge in [0.05, 0.1) is 12.1 Å². The molecule has 0 aromatic heterocycles. The molecule has 5 heteroatoms. The van der Waals surface area contributed by atoms with Gasteiger partial charge in [-0.1, -0.05) is 35.4 Å². The van der Waals surface area contributed by atoms with Crippen LogP contribution in [0.4, 0.5) is 0 Å². The summed E-state index contributed by atoms with van der Waals surface area (Å²) in [7, 11) is 0. The van der Waals surface area contributed by atoms with Crippen molar-refractivity contribution in [2.75, 3.05) is 13.1 Å². The standard InChI is InChI=1S/C11H14N4O/c12-14-13-10-7-15(8-11(10)16)6-9-4-2-1-3-5-9/h1-5,10-11,16H,6-8H2/t10-,11-/m0/s1. The second kappa shape index (κ2) is 4.99. The number of azide groups is 1. The molecule has 0 aliphatic carbocycles. The minimum atomic E-state index is -0.542. The number of nitrogens with zero attached hydrogens (tertiary/aromatic N) is 4. The Labute approximate surface area is 93.9 Å². The molecule has 0 saturated carbocycles. The molecule has 1 aliphatic rings. The molecule has 2 atom stereocenters. The molecule has 1 aliphatic heterocycles. The molecule has 0 spiro atoms. The van der Waals surface area contributed by atoms with Crippen LogP contribution in [0.5, 0.6) is 0 Å². The van der Waals surface area contributed by atoms with Gasteiger partial charge in [0.25, 0.3) is 0 Å². The molecule has 1 saturated heterocycles. The van der Waals surface area contributed by atoms with Gasteiger partial charge in [0.15, 0.2) is 0 Å². The summed E-state index contributed by atoms with van der Waals surface area (Å²) >= 11 is 0. The van der Waals surface area contributed by atoms with Crippen molar-refractivity contribution in [2.45, 2.75) is 18.7 Å². The van der Waals surface area contributed by atoms with Crippen molar-refractivity contribution in [3.05, 3.63) is 46.3 Å². The zero-order chi connectivity index (χ0) is 11.4. The predicted octanol–water partition coefficient (Wildman–Crippen LogP) is 1.54. The predicted molar refractivity (Wildman–Crippen MR) is 60.7 cm³/mol. The first-order chi connectivity index (χ1) is 7.79. The molecule has 0 radical (unpaired) electrons. The largest absolute Gasteiger partial charge is 0.391 e. The molecule has 0 unspecified atom stereocenters. The Kier molecular flexibility index (Phi) is 3.41. The van der Waals surface area contributed by atoms with Gasteiger partial charge in [0.2, 0.25) is 0 Å². The minimum absolute atomic E-state index is 0.311. The van der Waals surface area contributed by atoms with Crippen molar-refractivity contribution in [3.8, 4) is 0 Å². The van der Waals surface area contributed by atoms with Gasteiger partial charge in [-0.15, -0.1) is 0 Å². The molecule has 5 nitrogen and oxygen atoms in total. The van der Waals surface area contributed by atoms with Gasteiger partial charge in [0.1, 0.15) is 0 Å². The van der Waals surface area contributed by atoms with E-state index in [0.29, 0.717) is 13.1 Å². The van der Waals surface area contributed by atoms with Gasteiger partial charge in [-0.2, -0.15) is 0 Å². The van der Waals surface area contributed by atoms with E-state index in [2.05, 4.69) is 14.9 Å². The Hall–Kier alpha value is -1.55. The van der Waals surface area contributed by atoms with E-state index < -0.39 is 6.10 Å². The lowest BCUT2D eigenvalue weighted by molar-refractivity contribution is 0.164. The highest BCUT2D eigenvalue weighted by Gasteiger charge is 2.30. The lowest BCUT2D eigenvalue weighted by Gasteiger charge is -2.14. The molecule has 16 heavy (non-hydrogen) atoms. The van der Waals surface area contributed by atoms with Crippen LogP contribution in [0.2, 0.25) is 0 Å². The first-order valence-electron chi connectivity index (χ1n) is 5.28. The van der Waals surface area contributed by atoms with Gasteiger partial charge in [0, 0.05) is 24.5 Å². The Morgan fingerprint density at radius 1 is 1.38 bits per heavy atom. The summed E-state index contributed by atoms with van der Waals surface area (Å²) in [5.74, 6) is 0. The molecule has 1 aromatic carbocycles. The summed E-state index contributed by atoms with van der Waals surface area (Å²) in [5.41, 5.74) is 9.55. The number of rotatable bonds is 3. The van der Waals surface area contributed by atoms with Gasteiger partial charge >= 0.3 is 0 Å². The zero-order valence-electron chi connectivity index (χ0n) is 8.90. The highest BCUT2D eigenvalue weighted by Crippen LogP contribution is 2.16. The van der Waals surface area contributed by atoms with Crippen LogP contribution >= 0.6 is 0 Å². The number of β-amino-alcohol motifs (C(OH)–C–C–N with tert-alkyl or cyclic N) is 1. The fraction of sp³-hybridized carbons (Fsp3) is 0.455. The molecule has 1 N–H and O–H groups in total. The van der Waals surface area contributed by atoms with Crippen LogP contribution in [0.1, 0.15) is 5.56 Å². The highest BCUT2D eigenvalue weighted by atomic mass is 16.3. The number of aliphatic hydroxyl groups is 1. The number of likely N-dealkylation sites (tertiary alicyclic amines) is 1. The third kappa shape index (κ3) is 2.52. The van der Waals surface area contributed by atoms with Crippen molar-refractivity contribution in [2.24, 2.45) is 5.11 Å². The number of benzene rings is 1. The molecular weight excluding hydrogens is 204 g/mol. The number of aliphatic hydroxyl groups excluding tert-OH is 1. The van der Waals surface area contributed by atoms with E-state index in [4.69, 9.17) is 5.53 Å². The van der Waals surface area contributed by atoms with Crippen LogP contribution in [-0.2, 0) is 6.54 Å². The van der Waals surface area contributed by atoms with Crippen LogP contribution < -0.4 is 0 Å². The second-order valence-corrected chi connectivity index (χ2v) is 4.02. The Morgan fingerprint density at radius 3 is 2.81 bits per heavy atom. The smallest absolute Gasteiger partial charge is 0.0773 e. The minimum Gasteiger partial charge on any atom is -0.391 e. The Balaban J connectivity index is 1.96. The SMILES string of the molecule is [N-]=[N+]=N[C@H]1CN(Cc2ccccc2)C[C@@H]1O. The van der Waals surface area contributed by atoms with E-state index in [9.17, 15) is 5.11 Å². The number of hydrogen-bond donors (Lipinski definition) is 1. The maximum absolute atomic E-state index is 9.66. The van der Waals surface area contributed by atoms with E-state index in [0.717, 1.165) is 6.54 Å². The van der Waals surface area contributed by atoms with Gasteiger partial charge in [-0.25, -0.2) is 0 Å². The monoisotopic (exact) mass is 218 g/mol. The van der Waals surface area contributed by atoms with E-state index in [1.165, 1.54) is 5.56 Å². The molecule has 84 valence electrons. The van der Waals surface area contributed by atoms with E-state index in [1.807, 2.05) is 30.3 Å². The lowest BCUT2D eigenvalue weighted by Crippen LogP contribution is -2.21. The van der Waals surface area contributed by atoms with E-state index >= 15 is 0 Å². The first kappa shape index (κ1) is 11.0. The van der Waals surface area contributed by atoms with Crippen LogP contribution in [0.15, 0.2) is 35.4 Å². The first-order valence-corrected chi connectivity index (χ1v) is 5.28. The highest BCUT2D eigenvalue weighted by molar-refractivity contribution is 5.14. The van der Waals surface area contributed by atoms with E-state index in [-0.39, 0.29) is 6.04 Å². The summed E-state index contributed by atoms with van der Waals surface area (Å²) in [4.78, 5) is 4.84. The summed E-state index contributed by atoms with van der Waals surface area (Å²) in [5, 5.41) is 13.2. The molecule has 1 fully saturated rings. The van der Waals surface area contributed by atoms with E-state index in [1.54, 1.807) is 0 Å². The van der Waals surface area contributed by atoms with Crippen LogP contribution in [-0.4, -0.2) is 35.2 Å². The maximum atomic E-state index is 9.66. The van der Waals surface area contributed by atoms with Crippen LogP contribution in [0, 0.1) is 0 Å². The summed E-state index contributed by atoms with van der Waals surface area (Å²) in [6.45, 7) is 1.98. The molecule has 0 bridgehead atoms. The van der Waals surface area contributed by atoms with Crippen molar-refractivity contribution >= 4 is 0 Å². The molecular formula is C11H14N4O. The average Bonchev–Trinajstić information content (AvgIpc) is 2.61. The number of hydrogen-bond acceptors (Lipinski definition) is 3. The molecule has 0 amide bonds. The fourth-order valence-corrected chi connectivity index (χ4v) is 2.00. The summed E-state index contributed by atoms with van der Waals surface area (Å²) in [6, 6.07) is 9.75. The third-order valence-electron chi connectivity index (χ3n) is 2.78. The summed E-state index contributed by atoms with van der Waals surface area (Å²) < 4.78 is 0. The maximum Gasteiger partial charge on any atom is 0.0773 e. The summed E-state index contributed by atoms with van der Waals surface area (Å²) in [6.07, 6.45) is -0.542. The topological polar surface area (TPSA) is 72.2 Å². The Morgan fingerprint density at radius 2 is 2.12 bits per heavy atom. The van der Waals surface area contributed by atoms with Gasteiger partial charge in [-0.05, 0) is 11.1 Å². The fourth-order valence-electron chi connectivity index (χ4n) is 2.00. The average molecular weight is 218 g/mol. The van der Waals surface area contributed by atoms with Crippen molar-refractivity contribution in [1.29, 1.82) is 0 Å². The van der Waals surface area contributed by atoms with Crippen molar-refractivity contribution in [3.63, 3.8) is 0 Å². The second-order valence-electron chi connectivity index (χ2n) is 4.02. The zero-order valence-corrected chi connectivity index (χ0v) is 8.90. The van der Waals surface area contributed by atoms with Crippen LogP contribution in [0.3, 0.4) is 0 Å². The van der Waals surface area contributed by atoms with Crippen LogP contribution in [0.25, 0.3) is 10.4 Å².